The molecular formula is C29H47N3O2. The van der Waals surface area contributed by atoms with Gasteiger partial charge in [-0.3, -0.25) is 4.79 Å². The van der Waals surface area contributed by atoms with Crippen LogP contribution >= 0.6 is 0 Å². The van der Waals surface area contributed by atoms with E-state index in [1.54, 1.807) is 4.90 Å². The number of carbonyl (C=O) groups is 2. The Morgan fingerprint density at radius 3 is 2.47 bits per heavy atom. The molecule has 1 unspecified atom stereocenters. The van der Waals surface area contributed by atoms with E-state index in [4.69, 9.17) is 0 Å². The van der Waals surface area contributed by atoms with E-state index in [0.29, 0.717) is 32.6 Å². The molecule has 5 heteroatoms. The van der Waals surface area contributed by atoms with Gasteiger partial charge in [0.25, 0.3) is 0 Å². The summed E-state index contributed by atoms with van der Waals surface area (Å²) in [6, 6.07) is 9.59. The predicted molar refractivity (Wildman–Crippen MR) is 144 cm³/mol. The first-order valence-corrected chi connectivity index (χ1v) is 13.3. The molecule has 1 N–H and O–H groups in total. The zero-order valence-corrected chi connectivity index (χ0v) is 22.2. The Balaban J connectivity index is 0.00000281. The quantitative estimate of drug-likeness (QED) is 0.243. The number of amides is 3. The minimum atomic E-state index is -0.421. The van der Waals surface area contributed by atoms with E-state index in [2.05, 4.69) is 44.3 Å². The summed E-state index contributed by atoms with van der Waals surface area (Å²) in [5.74, 6) is -0.0180. The summed E-state index contributed by atoms with van der Waals surface area (Å²) in [4.78, 5) is 30.0. The van der Waals surface area contributed by atoms with Gasteiger partial charge >= 0.3 is 6.03 Å². The number of carbonyl (C=O) groups excluding carboxylic acids is 2. The zero-order valence-electron chi connectivity index (χ0n) is 22.2. The molecule has 1 aromatic rings. The van der Waals surface area contributed by atoms with E-state index < -0.39 is 6.04 Å². The Bertz CT molecular complexity index is 758. The average Bonchev–Trinajstić information content (AvgIpc) is 3.22. The van der Waals surface area contributed by atoms with E-state index in [9.17, 15) is 9.59 Å². The number of hydrogen-bond donors (Lipinski definition) is 1. The minimum Gasteiger partial charge on any atom is -0.354 e. The number of rotatable bonds is 14. The summed E-state index contributed by atoms with van der Waals surface area (Å²) in [5.41, 5.74) is 2.42. The average molecular weight is 470 g/mol. The van der Waals surface area contributed by atoms with E-state index in [1.807, 2.05) is 49.1 Å². The number of unbranched alkanes of at least 4 members (excludes halogenated alkanes) is 2. The van der Waals surface area contributed by atoms with Gasteiger partial charge in [0.15, 0.2) is 0 Å². The van der Waals surface area contributed by atoms with Crippen LogP contribution in [0.2, 0.25) is 0 Å². The maximum atomic E-state index is 13.2. The molecule has 1 atom stereocenters. The molecule has 1 fully saturated rings. The Hall–Kier alpha value is -2.56. The molecule has 1 aliphatic heterocycles. The lowest BCUT2D eigenvalue weighted by molar-refractivity contribution is -0.125. The van der Waals surface area contributed by atoms with Crippen molar-refractivity contribution < 1.29 is 9.59 Å². The highest BCUT2D eigenvalue weighted by atomic mass is 16.2. The van der Waals surface area contributed by atoms with Crippen molar-refractivity contribution in [2.24, 2.45) is 0 Å². The highest BCUT2D eigenvalue weighted by Crippen LogP contribution is 2.21. The minimum absolute atomic E-state index is 0.0180. The van der Waals surface area contributed by atoms with Crippen molar-refractivity contribution in [2.75, 3.05) is 19.6 Å². The van der Waals surface area contributed by atoms with Crippen LogP contribution in [0.15, 0.2) is 54.1 Å². The molecule has 3 amide bonds. The number of nitrogens with one attached hydrogen (secondary N) is 1. The normalized spacial score (nSPS) is 14.9. The van der Waals surface area contributed by atoms with Gasteiger partial charge in [0, 0.05) is 26.2 Å². The van der Waals surface area contributed by atoms with Crippen LogP contribution in [0.1, 0.15) is 85.1 Å². The number of nitrogens with zero attached hydrogens (tertiary/aromatic N) is 2. The largest absolute Gasteiger partial charge is 0.354 e. The molecule has 2 rings (SSSR count). The third-order valence-electron chi connectivity index (χ3n) is 6.00. The van der Waals surface area contributed by atoms with Crippen LogP contribution < -0.4 is 5.32 Å². The Kier molecular flexibility index (Phi) is 15.5. The van der Waals surface area contributed by atoms with Crippen LogP contribution in [-0.4, -0.2) is 47.4 Å². The summed E-state index contributed by atoms with van der Waals surface area (Å²) in [6.07, 6.45) is 13.0. The molecule has 5 nitrogen and oxygen atoms in total. The lowest BCUT2D eigenvalue weighted by atomic mass is 10.0. The molecule has 1 heterocycles. The Labute approximate surface area is 208 Å². The first-order chi connectivity index (χ1) is 16.6. The fourth-order valence-electron chi connectivity index (χ4n) is 4.01. The van der Waals surface area contributed by atoms with Gasteiger partial charge in [0.1, 0.15) is 6.04 Å². The molecular weight excluding hydrogens is 422 g/mol. The van der Waals surface area contributed by atoms with Gasteiger partial charge in [0.2, 0.25) is 5.91 Å². The van der Waals surface area contributed by atoms with Crippen molar-refractivity contribution in [2.45, 2.75) is 92.2 Å². The van der Waals surface area contributed by atoms with Gasteiger partial charge in [0.05, 0.1) is 0 Å². The summed E-state index contributed by atoms with van der Waals surface area (Å²) in [7, 11) is 0. The summed E-state index contributed by atoms with van der Waals surface area (Å²) < 4.78 is 0. The maximum absolute atomic E-state index is 13.2. The molecule has 34 heavy (non-hydrogen) atoms. The highest BCUT2D eigenvalue weighted by molar-refractivity contribution is 5.88. The highest BCUT2D eigenvalue weighted by Gasteiger charge is 2.36. The van der Waals surface area contributed by atoms with Gasteiger partial charge in [-0.05, 0) is 37.7 Å². The fraction of sp³-hybridized carbons (Fsp3) is 0.586. The monoisotopic (exact) mass is 469 g/mol. The molecule has 1 aliphatic rings. The Morgan fingerprint density at radius 2 is 1.82 bits per heavy atom. The second kappa shape index (κ2) is 17.9. The van der Waals surface area contributed by atoms with Gasteiger partial charge in [-0.2, -0.15) is 0 Å². The molecule has 0 spiro atoms. The SMILES string of the molecule is CC.CC/C=C\C=C(/CC)CCC(C(=O)NCCCCC)N1CCN(Cc2ccccc2)C1=O. The van der Waals surface area contributed by atoms with Gasteiger partial charge in [-0.1, -0.05) is 102 Å². The van der Waals surface area contributed by atoms with E-state index in [1.165, 1.54) is 5.57 Å². The van der Waals surface area contributed by atoms with Gasteiger partial charge in [-0.15, -0.1) is 0 Å². The van der Waals surface area contributed by atoms with Crippen molar-refractivity contribution in [1.29, 1.82) is 0 Å². The van der Waals surface area contributed by atoms with Crippen molar-refractivity contribution in [3.63, 3.8) is 0 Å². The number of urea groups is 1. The van der Waals surface area contributed by atoms with Crippen LogP contribution in [-0.2, 0) is 11.3 Å². The second-order valence-corrected chi connectivity index (χ2v) is 8.45. The summed E-state index contributed by atoms with van der Waals surface area (Å²) >= 11 is 0. The number of hydrogen-bond acceptors (Lipinski definition) is 2. The number of allylic oxidation sites excluding steroid dienone is 4. The van der Waals surface area contributed by atoms with Crippen LogP contribution in [0.5, 0.6) is 0 Å². The molecule has 190 valence electrons. The fourth-order valence-corrected chi connectivity index (χ4v) is 4.01. The van der Waals surface area contributed by atoms with Crippen LogP contribution in [0.25, 0.3) is 0 Å². The lowest BCUT2D eigenvalue weighted by Gasteiger charge is -2.27. The van der Waals surface area contributed by atoms with E-state index in [0.717, 1.165) is 44.1 Å². The molecule has 0 saturated carbocycles. The van der Waals surface area contributed by atoms with Gasteiger partial charge < -0.3 is 15.1 Å². The van der Waals surface area contributed by atoms with Crippen molar-refractivity contribution in [1.82, 2.24) is 15.1 Å². The van der Waals surface area contributed by atoms with E-state index in [-0.39, 0.29) is 11.9 Å². The zero-order chi connectivity index (χ0) is 25.2. The topological polar surface area (TPSA) is 52.7 Å². The number of benzene rings is 1. The van der Waals surface area contributed by atoms with Crippen molar-refractivity contribution in [3.8, 4) is 0 Å². The molecule has 0 aliphatic carbocycles. The lowest BCUT2D eigenvalue weighted by Crippen LogP contribution is -2.48. The third-order valence-corrected chi connectivity index (χ3v) is 6.00. The van der Waals surface area contributed by atoms with E-state index >= 15 is 0 Å². The van der Waals surface area contributed by atoms with Crippen molar-refractivity contribution >= 4 is 11.9 Å². The Morgan fingerprint density at radius 1 is 1.09 bits per heavy atom. The molecule has 0 aromatic heterocycles. The second-order valence-electron chi connectivity index (χ2n) is 8.45. The molecule has 0 bridgehead atoms. The molecule has 1 aromatic carbocycles. The van der Waals surface area contributed by atoms with Crippen LogP contribution in [0.3, 0.4) is 0 Å². The predicted octanol–water partition coefficient (Wildman–Crippen LogP) is 6.71. The van der Waals surface area contributed by atoms with Crippen LogP contribution in [0, 0.1) is 0 Å². The maximum Gasteiger partial charge on any atom is 0.321 e. The summed E-state index contributed by atoms with van der Waals surface area (Å²) in [5, 5.41) is 3.09. The molecule has 1 saturated heterocycles. The first kappa shape index (κ1) is 29.5. The standard InChI is InChI=1S/C27H41N3O2.C2H6/c1-4-7-10-14-23(6-3)17-18-25(26(31)28-19-13-8-5-2)30-21-20-29(27(30)32)22-24-15-11-9-12-16-24;1-2/h7,9-12,14-16,25H,4-6,8,13,17-22H2,1-3H3,(H,28,31);1-2H3/b10-7-,23-14+;. The van der Waals surface area contributed by atoms with Crippen molar-refractivity contribution in [3.05, 3.63) is 59.7 Å². The first-order valence-electron chi connectivity index (χ1n) is 13.3. The third kappa shape index (κ3) is 10.1. The molecule has 0 radical (unpaired) electrons. The van der Waals surface area contributed by atoms with Crippen LogP contribution in [0.4, 0.5) is 4.79 Å². The summed E-state index contributed by atoms with van der Waals surface area (Å²) in [6.45, 7) is 12.9. The smallest absolute Gasteiger partial charge is 0.321 e. The van der Waals surface area contributed by atoms with Gasteiger partial charge in [-0.25, -0.2) is 4.79 Å².